The molecule has 0 bridgehead atoms. The Hall–Kier alpha value is 0.636. The van der Waals surface area contributed by atoms with Crippen LogP contribution in [0, 0.1) is 5.92 Å². The molecule has 1 saturated heterocycles. The number of aliphatic hydroxyl groups excluding tert-OH is 1. The van der Waals surface area contributed by atoms with Crippen molar-refractivity contribution in [1.29, 1.82) is 0 Å². The molecule has 0 spiro atoms. The van der Waals surface area contributed by atoms with E-state index in [-0.39, 0.29) is 22.1 Å². The van der Waals surface area contributed by atoms with Crippen LogP contribution >= 0.6 is 0 Å². The fraction of sp³-hybridized carbons (Fsp3) is 0.926. The van der Waals surface area contributed by atoms with Crippen molar-refractivity contribution >= 4 is 26.9 Å². The normalized spacial score (nSPS) is 23.6. The van der Waals surface area contributed by atoms with E-state index in [1.165, 1.54) is 51.8 Å². The van der Waals surface area contributed by atoms with Gasteiger partial charge in [0.1, 0.15) is 0 Å². The van der Waals surface area contributed by atoms with E-state index in [1.807, 2.05) is 0 Å². The fourth-order valence-electron chi connectivity index (χ4n) is 5.63. The van der Waals surface area contributed by atoms with Crippen LogP contribution in [0.4, 0.5) is 0 Å². The van der Waals surface area contributed by atoms with Gasteiger partial charge < -0.3 is 0 Å². The second-order valence-electron chi connectivity index (χ2n) is 12.5. The van der Waals surface area contributed by atoms with Gasteiger partial charge in [-0.2, -0.15) is 0 Å². The van der Waals surface area contributed by atoms with Gasteiger partial charge >= 0.3 is 207 Å². The van der Waals surface area contributed by atoms with E-state index in [9.17, 15) is 5.11 Å². The summed E-state index contributed by atoms with van der Waals surface area (Å²) in [7, 11) is -2.57. The van der Waals surface area contributed by atoms with Crippen LogP contribution in [0.15, 0.2) is 10.2 Å². The molecule has 5 heteroatoms. The van der Waals surface area contributed by atoms with Gasteiger partial charge in [-0.1, -0.05) is 0 Å². The SMILES string of the molecule is CCC[CH2][Sn](/[CH]=C/[C@@H](O)[C@@H]1O[Si](C(C)(C)C)(C(C)(C)C)OC[C@@H]1C)([CH2]CCC)[CH2]CCC. The molecule has 0 aromatic carbocycles. The summed E-state index contributed by atoms with van der Waals surface area (Å²) in [5.41, 5.74) is 0. The molecule has 1 N–H and O–H groups in total. The third-order valence-electron chi connectivity index (χ3n) is 7.46. The van der Waals surface area contributed by atoms with Crippen LogP contribution in [0.5, 0.6) is 0 Å². The van der Waals surface area contributed by atoms with Crippen molar-refractivity contribution in [1.82, 2.24) is 0 Å². The molecular formula is C27H56O3SiSn. The van der Waals surface area contributed by atoms with Gasteiger partial charge in [-0.3, -0.25) is 0 Å². The van der Waals surface area contributed by atoms with Crippen LogP contribution in [-0.4, -0.2) is 50.9 Å². The van der Waals surface area contributed by atoms with Gasteiger partial charge in [0.25, 0.3) is 0 Å². The zero-order valence-corrected chi connectivity index (χ0v) is 27.1. The molecule has 3 nitrogen and oxygen atoms in total. The minimum absolute atomic E-state index is 0.0561. The number of hydrogen-bond acceptors (Lipinski definition) is 3. The molecule has 0 amide bonds. The van der Waals surface area contributed by atoms with Crippen molar-refractivity contribution in [2.45, 2.75) is 143 Å². The van der Waals surface area contributed by atoms with Gasteiger partial charge in [0.15, 0.2) is 0 Å². The van der Waals surface area contributed by atoms with Crippen LogP contribution in [0.3, 0.4) is 0 Å². The Kier molecular flexibility index (Phi) is 12.5. The first-order valence-corrected chi connectivity index (χ1v) is 23.0. The first-order valence-electron chi connectivity index (χ1n) is 13.5. The topological polar surface area (TPSA) is 38.7 Å². The molecule has 0 aliphatic carbocycles. The number of rotatable bonds is 12. The molecule has 32 heavy (non-hydrogen) atoms. The van der Waals surface area contributed by atoms with E-state index in [4.69, 9.17) is 8.85 Å². The number of unbranched alkanes of at least 4 members (excludes halogenated alkanes) is 3. The average Bonchev–Trinajstić information content (AvgIpc) is 2.71. The Morgan fingerprint density at radius 2 is 1.34 bits per heavy atom. The first-order chi connectivity index (χ1) is 14.8. The summed E-state index contributed by atoms with van der Waals surface area (Å²) >= 11 is -2.42. The van der Waals surface area contributed by atoms with Crippen molar-refractivity contribution in [2.24, 2.45) is 5.92 Å². The molecule has 0 aromatic heterocycles. The Bertz CT molecular complexity index is 528. The summed E-state index contributed by atoms with van der Waals surface area (Å²) in [4.78, 5) is 0. The second-order valence-corrected chi connectivity index (χ2v) is 30.3. The maximum absolute atomic E-state index is 11.4. The molecule has 1 aliphatic heterocycles. The monoisotopic (exact) mass is 576 g/mol. The van der Waals surface area contributed by atoms with E-state index in [0.29, 0.717) is 6.61 Å². The zero-order chi connectivity index (χ0) is 24.6. The molecule has 0 radical (unpaired) electrons. The predicted molar refractivity (Wildman–Crippen MR) is 145 cm³/mol. The summed E-state index contributed by atoms with van der Waals surface area (Å²) < 4.78 is 20.4. The van der Waals surface area contributed by atoms with Gasteiger partial charge in [-0.05, 0) is 0 Å². The molecule has 3 atom stereocenters. The van der Waals surface area contributed by atoms with Gasteiger partial charge in [0.05, 0.1) is 0 Å². The minimum atomic E-state index is -2.57. The fourth-order valence-corrected chi connectivity index (χ4v) is 25.1. The third kappa shape index (κ3) is 7.83. The van der Waals surface area contributed by atoms with E-state index >= 15 is 0 Å². The van der Waals surface area contributed by atoms with Crippen LogP contribution in [0.25, 0.3) is 0 Å². The van der Waals surface area contributed by atoms with E-state index in [2.05, 4.69) is 79.4 Å². The summed E-state index contributed by atoms with van der Waals surface area (Å²) in [6, 6.07) is 0. The van der Waals surface area contributed by atoms with Crippen molar-refractivity contribution in [3.05, 3.63) is 10.2 Å². The molecule has 190 valence electrons. The number of hydrogen-bond donors (Lipinski definition) is 1. The predicted octanol–water partition coefficient (Wildman–Crippen LogP) is 8.39. The van der Waals surface area contributed by atoms with Crippen molar-refractivity contribution < 1.29 is 14.0 Å². The van der Waals surface area contributed by atoms with Crippen LogP contribution in [0.1, 0.15) is 108 Å². The zero-order valence-electron chi connectivity index (χ0n) is 23.2. The summed E-state index contributed by atoms with van der Waals surface area (Å²) in [5, 5.41) is 11.3. The van der Waals surface area contributed by atoms with Gasteiger partial charge in [0.2, 0.25) is 0 Å². The van der Waals surface area contributed by atoms with Crippen LogP contribution < -0.4 is 0 Å². The Morgan fingerprint density at radius 3 is 1.72 bits per heavy atom. The van der Waals surface area contributed by atoms with E-state index in [0.717, 1.165) is 0 Å². The Balaban J connectivity index is 3.20. The van der Waals surface area contributed by atoms with Gasteiger partial charge in [-0.25, -0.2) is 0 Å². The molecule has 1 heterocycles. The Morgan fingerprint density at radius 1 is 0.906 bits per heavy atom. The maximum atomic E-state index is 11.4. The summed E-state index contributed by atoms with van der Waals surface area (Å²) in [6.45, 7) is 23.3. The van der Waals surface area contributed by atoms with Crippen molar-refractivity contribution in [3.8, 4) is 0 Å². The van der Waals surface area contributed by atoms with E-state index < -0.39 is 33.0 Å². The van der Waals surface area contributed by atoms with Crippen LogP contribution in [-0.2, 0) is 8.85 Å². The average molecular weight is 576 g/mol. The molecule has 0 unspecified atom stereocenters. The van der Waals surface area contributed by atoms with Gasteiger partial charge in [-0.15, -0.1) is 0 Å². The summed E-state index contributed by atoms with van der Waals surface area (Å²) in [5.74, 6) is 0.200. The summed E-state index contributed by atoms with van der Waals surface area (Å²) in [6.07, 6.45) is 9.35. The Labute approximate surface area is 206 Å². The molecule has 0 saturated carbocycles. The van der Waals surface area contributed by atoms with Gasteiger partial charge in [0, 0.05) is 0 Å². The van der Waals surface area contributed by atoms with E-state index in [1.54, 1.807) is 0 Å². The second kappa shape index (κ2) is 13.1. The van der Waals surface area contributed by atoms with Crippen molar-refractivity contribution in [2.75, 3.05) is 6.61 Å². The molecular weight excluding hydrogens is 519 g/mol. The molecule has 1 fully saturated rings. The standard InChI is InChI=1S/C15H29O3Si.3C4H9.Sn/c1-9-12(16)13-11(2)10-17-19(18-13,14(3,4)5)15(6,7)8;3*1-3-4-2;/h1,9,11-13,16H,10H2,2-8H3;3*1,3-4H2,2H3;/t11-,12+,13+;;;;/m0..../s1. The third-order valence-corrected chi connectivity index (χ3v) is 26.7. The van der Waals surface area contributed by atoms with Crippen molar-refractivity contribution in [3.63, 3.8) is 0 Å². The quantitative estimate of drug-likeness (QED) is 0.238. The van der Waals surface area contributed by atoms with Crippen LogP contribution in [0.2, 0.25) is 23.4 Å². The molecule has 0 aromatic rings. The number of aliphatic hydroxyl groups is 1. The molecule has 1 rings (SSSR count). The first kappa shape index (κ1) is 30.7. The molecule has 1 aliphatic rings.